The van der Waals surface area contributed by atoms with E-state index in [2.05, 4.69) is 31.7 Å². The Bertz CT molecular complexity index is 1610. The molecule has 0 N–H and O–H groups in total. The number of anilines is 2. The number of methoxy groups -OCH3 is 3. The highest BCUT2D eigenvalue weighted by Gasteiger charge is 2.14. The van der Waals surface area contributed by atoms with Crippen LogP contribution in [0.25, 0.3) is 22.3 Å². The van der Waals surface area contributed by atoms with Crippen LogP contribution in [0.2, 0.25) is 0 Å². The monoisotopic (exact) mass is 503 g/mol. The highest BCUT2D eigenvalue weighted by atomic mass is 16.5. The van der Waals surface area contributed by atoms with E-state index in [4.69, 9.17) is 19.2 Å². The molecule has 5 rings (SSSR count). The van der Waals surface area contributed by atoms with Crippen LogP contribution in [-0.4, -0.2) is 47.8 Å². The molecule has 0 amide bonds. The second-order valence-corrected chi connectivity index (χ2v) is 8.18. The van der Waals surface area contributed by atoms with Crippen molar-refractivity contribution in [1.82, 2.24) is 19.9 Å². The molecule has 2 aromatic carbocycles. The van der Waals surface area contributed by atoms with Gasteiger partial charge in [0.15, 0.2) is 11.4 Å². The number of pyridine rings is 2. The fourth-order valence-corrected chi connectivity index (χ4v) is 3.95. The topological polar surface area (TPSA) is 82.5 Å². The zero-order valence-electron chi connectivity index (χ0n) is 21.3. The largest absolute Gasteiger partial charge is 0.497 e. The van der Waals surface area contributed by atoms with Crippen molar-refractivity contribution in [2.45, 2.75) is 0 Å². The van der Waals surface area contributed by atoms with E-state index in [1.807, 2.05) is 60.7 Å². The molecule has 8 nitrogen and oxygen atoms in total. The maximum Gasteiger partial charge on any atom is 0.155 e. The molecule has 5 aromatic rings. The van der Waals surface area contributed by atoms with E-state index in [1.54, 1.807) is 46.1 Å². The smallest absolute Gasteiger partial charge is 0.155 e. The van der Waals surface area contributed by atoms with Gasteiger partial charge in [0.25, 0.3) is 0 Å². The first-order valence-corrected chi connectivity index (χ1v) is 11.8. The van der Waals surface area contributed by atoms with E-state index in [1.165, 1.54) is 0 Å². The standard InChI is InChI=1S/C30H25N5O3/c1-36-24-15-23(16-25(18-24)37-2)35(14-6-8-27-30(38-3)9-5-13-32-27)22-10-11-26-28(17-22)34-29(20-33-26)21-7-4-12-31-19-21/h4-5,7,9-13,15-20H,14H2,1-3H3. The predicted octanol–water partition coefficient (Wildman–Crippen LogP) is 5.30. The van der Waals surface area contributed by atoms with Crippen LogP contribution in [0.5, 0.6) is 17.2 Å². The van der Waals surface area contributed by atoms with Gasteiger partial charge in [-0.3, -0.25) is 9.97 Å². The van der Waals surface area contributed by atoms with Gasteiger partial charge in [-0.1, -0.05) is 5.92 Å². The van der Waals surface area contributed by atoms with Crippen LogP contribution < -0.4 is 19.1 Å². The Balaban J connectivity index is 1.58. The molecule has 3 heterocycles. The summed E-state index contributed by atoms with van der Waals surface area (Å²) in [5.41, 5.74) is 5.49. The van der Waals surface area contributed by atoms with Crippen LogP contribution in [-0.2, 0) is 0 Å². The summed E-state index contributed by atoms with van der Waals surface area (Å²) in [6, 6.07) is 19.1. The zero-order valence-corrected chi connectivity index (χ0v) is 21.3. The first-order chi connectivity index (χ1) is 18.7. The molecule has 0 saturated carbocycles. The minimum atomic E-state index is 0.358. The molecule has 0 unspecified atom stereocenters. The lowest BCUT2D eigenvalue weighted by Crippen LogP contribution is -2.17. The summed E-state index contributed by atoms with van der Waals surface area (Å²) in [5, 5.41) is 0. The fraction of sp³-hybridized carbons (Fsp3) is 0.133. The highest BCUT2D eigenvalue weighted by Crippen LogP contribution is 2.34. The van der Waals surface area contributed by atoms with Crippen molar-refractivity contribution in [2.24, 2.45) is 0 Å². The molecule has 3 aromatic heterocycles. The minimum Gasteiger partial charge on any atom is -0.497 e. The van der Waals surface area contributed by atoms with E-state index in [-0.39, 0.29) is 0 Å². The summed E-state index contributed by atoms with van der Waals surface area (Å²) in [4.78, 5) is 20.1. The molecule has 0 radical (unpaired) electrons. The summed E-state index contributed by atoms with van der Waals surface area (Å²) in [6.07, 6.45) is 6.96. The highest BCUT2D eigenvalue weighted by molar-refractivity contribution is 5.83. The third-order valence-corrected chi connectivity index (χ3v) is 5.88. The summed E-state index contributed by atoms with van der Waals surface area (Å²) in [5.74, 6) is 8.34. The first-order valence-electron chi connectivity index (χ1n) is 11.8. The first kappa shape index (κ1) is 24.5. The molecule has 0 bridgehead atoms. The Kier molecular flexibility index (Phi) is 7.27. The number of aromatic nitrogens is 4. The van der Waals surface area contributed by atoms with Gasteiger partial charge in [-0.25, -0.2) is 9.97 Å². The van der Waals surface area contributed by atoms with Crippen molar-refractivity contribution in [3.05, 3.63) is 91.1 Å². The SMILES string of the molecule is COc1cc(OC)cc(N(CC#Cc2ncccc2OC)c2ccc3ncc(-c4cccnc4)nc3c2)c1. The Labute approximate surface area is 220 Å². The van der Waals surface area contributed by atoms with Crippen molar-refractivity contribution in [1.29, 1.82) is 0 Å². The number of fused-ring (bicyclic) bond motifs is 1. The van der Waals surface area contributed by atoms with Gasteiger partial charge in [-0.2, -0.15) is 0 Å². The number of hydrogen-bond acceptors (Lipinski definition) is 8. The maximum absolute atomic E-state index is 5.52. The molecule has 0 aliphatic carbocycles. The lowest BCUT2D eigenvalue weighted by molar-refractivity contribution is 0.394. The van der Waals surface area contributed by atoms with Crippen molar-refractivity contribution in [3.8, 4) is 40.3 Å². The average molecular weight is 504 g/mol. The second kappa shape index (κ2) is 11.3. The van der Waals surface area contributed by atoms with E-state index >= 15 is 0 Å². The lowest BCUT2D eigenvalue weighted by Gasteiger charge is -2.24. The molecule has 0 aliphatic heterocycles. The molecule has 8 heteroatoms. The predicted molar refractivity (Wildman–Crippen MR) is 147 cm³/mol. The normalized spacial score (nSPS) is 10.4. The second-order valence-electron chi connectivity index (χ2n) is 8.18. The molecule has 0 spiro atoms. The van der Waals surface area contributed by atoms with Gasteiger partial charge in [0.05, 0.1) is 50.8 Å². The molecule has 0 saturated heterocycles. The fourth-order valence-electron chi connectivity index (χ4n) is 3.95. The summed E-state index contributed by atoms with van der Waals surface area (Å²) in [7, 11) is 4.86. The minimum absolute atomic E-state index is 0.358. The molecule has 0 atom stereocenters. The molecule has 0 aliphatic rings. The molecular weight excluding hydrogens is 478 g/mol. The molecule has 38 heavy (non-hydrogen) atoms. The number of hydrogen-bond donors (Lipinski definition) is 0. The van der Waals surface area contributed by atoms with Gasteiger partial charge >= 0.3 is 0 Å². The Hall–Kier alpha value is -5.16. The van der Waals surface area contributed by atoms with Crippen LogP contribution in [0, 0.1) is 11.8 Å². The van der Waals surface area contributed by atoms with E-state index in [0.29, 0.717) is 29.5 Å². The number of nitrogens with zero attached hydrogens (tertiary/aromatic N) is 5. The molecule has 0 fully saturated rings. The van der Waals surface area contributed by atoms with Gasteiger partial charge in [0.2, 0.25) is 0 Å². The summed E-state index contributed by atoms with van der Waals surface area (Å²) in [6.45, 7) is 0.358. The number of rotatable bonds is 7. The number of benzene rings is 2. The average Bonchev–Trinajstić information content (AvgIpc) is 2.99. The van der Waals surface area contributed by atoms with E-state index in [0.717, 1.165) is 33.7 Å². The van der Waals surface area contributed by atoms with Crippen LogP contribution in [0.15, 0.2) is 85.5 Å². The molecule has 188 valence electrons. The Morgan fingerprint density at radius 1 is 0.763 bits per heavy atom. The Morgan fingerprint density at radius 2 is 1.58 bits per heavy atom. The summed E-state index contributed by atoms with van der Waals surface area (Å²) < 4.78 is 16.4. The Morgan fingerprint density at radius 3 is 2.32 bits per heavy atom. The summed E-state index contributed by atoms with van der Waals surface area (Å²) >= 11 is 0. The van der Waals surface area contributed by atoms with Gasteiger partial charge < -0.3 is 19.1 Å². The lowest BCUT2D eigenvalue weighted by atomic mass is 10.1. The third-order valence-electron chi connectivity index (χ3n) is 5.88. The van der Waals surface area contributed by atoms with E-state index in [9.17, 15) is 0 Å². The number of ether oxygens (including phenoxy) is 3. The van der Waals surface area contributed by atoms with Crippen LogP contribution in [0.4, 0.5) is 11.4 Å². The third kappa shape index (κ3) is 5.32. The van der Waals surface area contributed by atoms with Crippen molar-refractivity contribution in [2.75, 3.05) is 32.8 Å². The van der Waals surface area contributed by atoms with Crippen LogP contribution in [0.1, 0.15) is 5.69 Å². The zero-order chi connectivity index (χ0) is 26.3. The molecular formula is C30H25N5O3. The van der Waals surface area contributed by atoms with Gasteiger partial charge in [0.1, 0.15) is 11.5 Å². The van der Waals surface area contributed by atoms with Crippen molar-refractivity contribution >= 4 is 22.4 Å². The quantitative estimate of drug-likeness (QED) is 0.277. The van der Waals surface area contributed by atoms with Gasteiger partial charge in [-0.05, 0) is 48.4 Å². The van der Waals surface area contributed by atoms with Crippen molar-refractivity contribution < 1.29 is 14.2 Å². The van der Waals surface area contributed by atoms with Crippen LogP contribution in [0.3, 0.4) is 0 Å². The van der Waals surface area contributed by atoms with Crippen LogP contribution >= 0.6 is 0 Å². The van der Waals surface area contributed by atoms with Gasteiger partial charge in [0, 0.05) is 53.7 Å². The van der Waals surface area contributed by atoms with Gasteiger partial charge in [-0.15, -0.1) is 0 Å². The van der Waals surface area contributed by atoms with Crippen molar-refractivity contribution in [3.63, 3.8) is 0 Å². The van der Waals surface area contributed by atoms with E-state index < -0.39 is 0 Å². The maximum atomic E-state index is 5.52.